The molecular weight excluding hydrogens is 270 g/mol. The molecule has 0 unspecified atom stereocenters. The number of oxime groups is 1. The van der Waals surface area contributed by atoms with Crippen LogP contribution >= 0.6 is 23.2 Å². The van der Waals surface area contributed by atoms with E-state index >= 15 is 0 Å². The number of nitrogens with one attached hydrogen (secondary N) is 1. The number of carbonyl (C=O) groups is 1. The number of benzene rings is 1. The van der Waals surface area contributed by atoms with E-state index in [1.807, 2.05) is 0 Å². The second-order valence-corrected chi connectivity index (χ2v) is 3.80. The normalized spacial score (nSPS) is 11.2. The summed E-state index contributed by atoms with van der Waals surface area (Å²) in [5.41, 5.74) is 0.296. The summed E-state index contributed by atoms with van der Waals surface area (Å²) in [5.74, 6) is -0.572. The van der Waals surface area contributed by atoms with Crippen molar-refractivity contribution in [1.82, 2.24) is 0 Å². The van der Waals surface area contributed by atoms with Crippen LogP contribution in [0.15, 0.2) is 23.4 Å². The summed E-state index contributed by atoms with van der Waals surface area (Å²) in [5, 5.41) is 5.72. The molecule has 1 aromatic carbocycles. The van der Waals surface area contributed by atoms with Gasteiger partial charge in [-0.15, -0.1) is 0 Å². The highest BCUT2D eigenvalue weighted by molar-refractivity contribution is 6.65. The molecule has 4 nitrogen and oxygen atoms in total. The van der Waals surface area contributed by atoms with E-state index in [1.165, 1.54) is 12.1 Å². The van der Waals surface area contributed by atoms with Gasteiger partial charge in [0.15, 0.2) is 0 Å². The van der Waals surface area contributed by atoms with E-state index in [1.54, 1.807) is 6.92 Å². The summed E-state index contributed by atoms with van der Waals surface area (Å²) in [4.78, 5) is 15.6. The molecule has 1 rings (SSSR count). The number of anilines is 1. The first-order valence-electron chi connectivity index (χ1n) is 4.68. The molecule has 0 radical (unpaired) electrons. The van der Waals surface area contributed by atoms with E-state index in [4.69, 9.17) is 23.2 Å². The molecule has 1 aromatic rings. The Balaban J connectivity index is 2.59. The first kappa shape index (κ1) is 13.7. The zero-order chi connectivity index (χ0) is 12.8. The lowest BCUT2D eigenvalue weighted by Gasteiger charge is -2.03. The molecule has 0 aliphatic rings. The summed E-state index contributed by atoms with van der Waals surface area (Å²) in [6.07, 6.45) is -0.378. The summed E-state index contributed by atoms with van der Waals surface area (Å²) >= 11 is 11.1. The maximum atomic E-state index is 12.8. The van der Waals surface area contributed by atoms with Crippen LogP contribution in [-0.2, 0) is 4.84 Å². The molecule has 92 valence electrons. The molecule has 0 saturated carbocycles. The van der Waals surface area contributed by atoms with Gasteiger partial charge in [0.05, 0.1) is 5.02 Å². The third-order valence-corrected chi connectivity index (χ3v) is 2.31. The first-order valence-corrected chi connectivity index (χ1v) is 5.44. The maximum absolute atomic E-state index is 12.8. The second-order valence-electron chi connectivity index (χ2n) is 2.95. The van der Waals surface area contributed by atoms with E-state index in [2.05, 4.69) is 15.3 Å². The monoisotopic (exact) mass is 278 g/mol. The molecule has 0 bridgehead atoms. The largest absolute Gasteiger partial charge is 0.437 e. The zero-order valence-corrected chi connectivity index (χ0v) is 10.3. The minimum Gasteiger partial charge on any atom is -0.297 e. The van der Waals surface area contributed by atoms with Crippen molar-refractivity contribution >= 4 is 40.2 Å². The van der Waals surface area contributed by atoms with Crippen LogP contribution in [0.3, 0.4) is 0 Å². The van der Waals surface area contributed by atoms with Crippen molar-refractivity contribution in [2.75, 3.05) is 5.32 Å². The Bertz CT molecular complexity index is 452. The first-order chi connectivity index (χ1) is 8.02. The Kier molecular flexibility index (Phi) is 5.18. The molecule has 0 atom stereocenters. The maximum Gasteiger partial charge on any atom is 0.437 e. The van der Waals surface area contributed by atoms with Gasteiger partial charge in [-0.05, 0) is 18.2 Å². The third kappa shape index (κ3) is 4.58. The molecule has 0 aliphatic heterocycles. The highest BCUT2D eigenvalue weighted by atomic mass is 35.5. The smallest absolute Gasteiger partial charge is 0.297 e. The van der Waals surface area contributed by atoms with Crippen molar-refractivity contribution < 1.29 is 14.0 Å². The molecule has 0 saturated heterocycles. The van der Waals surface area contributed by atoms with Gasteiger partial charge in [0, 0.05) is 12.1 Å². The molecule has 7 heteroatoms. The number of halogens is 3. The van der Waals surface area contributed by atoms with Gasteiger partial charge in [-0.1, -0.05) is 35.3 Å². The molecule has 17 heavy (non-hydrogen) atoms. The van der Waals surface area contributed by atoms with Crippen molar-refractivity contribution in [3.63, 3.8) is 0 Å². The number of hydrogen-bond donors (Lipinski definition) is 1. The van der Waals surface area contributed by atoms with Gasteiger partial charge in [0.1, 0.15) is 11.0 Å². The highest BCUT2D eigenvalue weighted by Crippen LogP contribution is 2.19. The Morgan fingerprint density at radius 2 is 2.29 bits per heavy atom. The summed E-state index contributed by atoms with van der Waals surface area (Å²) in [6, 6.07) is 3.72. The number of carbonyl (C=O) groups excluding carboxylic acids is 1. The van der Waals surface area contributed by atoms with Gasteiger partial charge in [0.25, 0.3) is 0 Å². The van der Waals surface area contributed by atoms with Gasteiger partial charge >= 0.3 is 6.09 Å². The molecule has 0 aliphatic carbocycles. The van der Waals surface area contributed by atoms with Gasteiger partial charge in [-0.3, -0.25) is 10.2 Å². The third-order valence-electron chi connectivity index (χ3n) is 1.69. The van der Waals surface area contributed by atoms with Crippen LogP contribution in [0, 0.1) is 5.82 Å². The summed E-state index contributed by atoms with van der Waals surface area (Å²) in [6.45, 7) is 1.76. The van der Waals surface area contributed by atoms with Crippen LogP contribution in [-0.4, -0.2) is 11.3 Å². The fourth-order valence-corrected chi connectivity index (χ4v) is 1.09. The van der Waals surface area contributed by atoms with Crippen molar-refractivity contribution in [1.29, 1.82) is 0 Å². The Morgan fingerprint density at radius 1 is 1.59 bits per heavy atom. The van der Waals surface area contributed by atoms with Crippen LogP contribution in [0.4, 0.5) is 14.9 Å². The van der Waals surface area contributed by atoms with Crippen LogP contribution in [0.25, 0.3) is 0 Å². The lowest BCUT2D eigenvalue weighted by Crippen LogP contribution is -2.11. The molecule has 1 amide bonds. The van der Waals surface area contributed by atoms with Gasteiger partial charge in [-0.2, -0.15) is 0 Å². The fourth-order valence-electron chi connectivity index (χ4n) is 0.870. The number of amides is 1. The van der Waals surface area contributed by atoms with E-state index in [0.29, 0.717) is 12.1 Å². The van der Waals surface area contributed by atoms with E-state index < -0.39 is 11.9 Å². The lowest BCUT2D eigenvalue weighted by atomic mass is 10.3. The summed E-state index contributed by atoms with van der Waals surface area (Å²) < 4.78 is 12.8. The van der Waals surface area contributed by atoms with Crippen molar-refractivity contribution in [3.8, 4) is 0 Å². The molecule has 0 spiro atoms. The van der Waals surface area contributed by atoms with Gasteiger partial charge in [0.2, 0.25) is 0 Å². The van der Waals surface area contributed by atoms with E-state index in [-0.39, 0.29) is 10.2 Å². The van der Waals surface area contributed by atoms with Crippen LogP contribution in [0.2, 0.25) is 5.02 Å². The SMILES string of the molecule is CC/C(Cl)=N/OC(=O)Nc1ccc(F)c(Cl)c1. The molecule has 0 aromatic heterocycles. The molecule has 1 N–H and O–H groups in total. The van der Waals surface area contributed by atoms with Crippen LogP contribution < -0.4 is 5.32 Å². The summed E-state index contributed by atoms with van der Waals surface area (Å²) in [7, 11) is 0. The van der Waals surface area contributed by atoms with Crippen LogP contribution in [0.5, 0.6) is 0 Å². The Hall–Kier alpha value is -1.33. The minimum atomic E-state index is -0.834. The predicted molar refractivity (Wildman–Crippen MR) is 65.1 cm³/mol. The molecular formula is C10H9Cl2FN2O2. The number of nitrogens with zero attached hydrogens (tertiary/aromatic N) is 1. The molecule has 0 heterocycles. The van der Waals surface area contributed by atoms with Gasteiger partial charge in [-0.25, -0.2) is 9.18 Å². The van der Waals surface area contributed by atoms with Crippen molar-refractivity contribution in [2.45, 2.75) is 13.3 Å². The second kappa shape index (κ2) is 6.42. The quantitative estimate of drug-likeness (QED) is 0.516. The molecule has 0 fully saturated rings. The van der Waals surface area contributed by atoms with Crippen molar-refractivity contribution in [2.24, 2.45) is 5.16 Å². The van der Waals surface area contributed by atoms with Crippen molar-refractivity contribution in [3.05, 3.63) is 29.0 Å². The topological polar surface area (TPSA) is 50.7 Å². The van der Waals surface area contributed by atoms with Gasteiger partial charge < -0.3 is 0 Å². The zero-order valence-electron chi connectivity index (χ0n) is 8.84. The lowest BCUT2D eigenvalue weighted by molar-refractivity contribution is 0.166. The highest BCUT2D eigenvalue weighted by Gasteiger charge is 2.06. The standard InChI is InChI=1S/C10H9Cl2FN2O2/c1-2-9(12)15-17-10(16)14-6-3-4-8(13)7(11)5-6/h3-5H,2H2,1H3,(H,14,16)/b15-9-. The van der Waals surface area contributed by atoms with E-state index in [9.17, 15) is 9.18 Å². The fraction of sp³-hybridized carbons (Fsp3) is 0.200. The number of rotatable bonds is 3. The van der Waals surface area contributed by atoms with E-state index in [0.717, 1.165) is 6.07 Å². The van der Waals surface area contributed by atoms with Crippen LogP contribution in [0.1, 0.15) is 13.3 Å². The number of hydrogen-bond acceptors (Lipinski definition) is 3. The predicted octanol–water partition coefficient (Wildman–Crippen LogP) is 3.99. The minimum absolute atomic E-state index is 0.0992. The average molecular weight is 279 g/mol. The Morgan fingerprint density at radius 3 is 2.88 bits per heavy atom. The average Bonchev–Trinajstić information content (AvgIpc) is 2.31. The Labute approximate surface area is 107 Å².